The number of amides is 1. The molecule has 1 unspecified atom stereocenters. The molecule has 0 radical (unpaired) electrons. The van der Waals surface area contributed by atoms with Gasteiger partial charge in [0.25, 0.3) is 5.91 Å². The molecule has 0 saturated heterocycles. The third-order valence-electron chi connectivity index (χ3n) is 5.17. The van der Waals surface area contributed by atoms with Gasteiger partial charge in [-0.3, -0.25) is 4.79 Å². The number of nitrogens with zero attached hydrogens (tertiary/aromatic N) is 1. The molecule has 3 aromatic rings. The van der Waals surface area contributed by atoms with Crippen molar-refractivity contribution in [3.05, 3.63) is 84.2 Å². The van der Waals surface area contributed by atoms with E-state index in [1.54, 1.807) is 11.0 Å². The Balaban J connectivity index is 1.45. The van der Waals surface area contributed by atoms with Crippen molar-refractivity contribution < 1.29 is 13.9 Å². The first kappa shape index (κ1) is 18.2. The summed E-state index contributed by atoms with van der Waals surface area (Å²) in [6, 6.07) is 22.5. The molecule has 1 atom stereocenters. The molecular formula is C24H22FNO2. The first-order chi connectivity index (χ1) is 13.6. The molecule has 4 rings (SSSR count). The number of aryl methyl sites for hydroxylation is 1. The van der Waals surface area contributed by atoms with Gasteiger partial charge in [0.2, 0.25) is 0 Å². The van der Waals surface area contributed by atoms with Gasteiger partial charge in [-0.05, 0) is 66.8 Å². The molecule has 3 aromatic carbocycles. The van der Waals surface area contributed by atoms with Gasteiger partial charge in [0.05, 0.1) is 0 Å². The average molecular weight is 375 g/mol. The fourth-order valence-corrected chi connectivity index (χ4v) is 3.69. The number of carbonyl (C=O) groups is 1. The summed E-state index contributed by atoms with van der Waals surface area (Å²) in [6.07, 6.45) is 1.59. The second-order valence-electron chi connectivity index (χ2n) is 7.10. The third-order valence-corrected chi connectivity index (χ3v) is 5.17. The Morgan fingerprint density at radius 1 is 1.04 bits per heavy atom. The monoisotopic (exact) mass is 375 g/mol. The van der Waals surface area contributed by atoms with E-state index in [1.807, 2.05) is 49.4 Å². The lowest BCUT2D eigenvalue weighted by Gasteiger charge is -2.35. The molecule has 1 amide bonds. The molecule has 0 saturated carbocycles. The number of carbonyl (C=O) groups excluding carboxylic acids is 1. The van der Waals surface area contributed by atoms with Crippen LogP contribution >= 0.6 is 0 Å². The number of hydrogen-bond donors (Lipinski definition) is 0. The lowest BCUT2D eigenvalue weighted by Crippen LogP contribution is -2.44. The predicted octanol–water partition coefficient (Wildman–Crippen LogP) is 5.24. The quantitative estimate of drug-likeness (QED) is 0.624. The molecule has 142 valence electrons. The van der Waals surface area contributed by atoms with E-state index in [0.29, 0.717) is 5.75 Å². The van der Waals surface area contributed by atoms with E-state index < -0.39 is 0 Å². The van der Waals surface area contributed by atoms with Gasteiger partial charge in [0.15, 0.2) is 6.61 Å². The van der Waals surface area contributed by atoms with Crippen LogP contribution in [-0.2, 0) is 11.2 Å². The van der Waals surface area contributed by atoms with Crippen molar-refractivity contribution in [1.82, 2.24) is 0 Å². The summed E-state index contributed by atoms with van der Waals surface area (Å²) in [6.45, 7) is 1.96. The van der Waals surface area contributed by atoms with Crippen molar-refractivity contribution in [2.24, 2.45) is 0 Å². The lowest BCUT2D eigenvalue weighted by molar-refractivity contribution is -0.121. The Morgan fingerprint density at radius 3 is 2.50 bits per heavy atom. The Morgan fingerprint density at radius 2 is 1.75 bits per heavy atom. The summed E-state index contributed by atoms with van der Waals surface area (Å²) in [4.78, 5) is 14.6. The summed E-state index contributed by atoms with van der Waals surface area (Å²) in [7, 11) is 0. The predicted molar refractivity (Wildman–Crippen MR) is 109 cm³/mol. The molecule has 0 aromatic heterocycles. The zero-order valence-corrected chi connectivity index (χ0v) is 15.8. The van der Waals surface area contributed by atoms with E-state index in [9.17, 15) is 9.18 Å². The van der Waals surface area contributed by atoms with Crippen LogP contribution in [0.5, 0.6) is 5.75 Å². The van der Waals surface area contributed by atoms with Crippen molar-refractivity contribution in [3.8, 4) is 16.9 Å². The maximum Gasteiger partial charge on any atom is 0.265 e. The van der Waals surface area contributed by atoms with Gasteiger partial charge in [0, 0.05) is 11.7 Å². The van der Waals surface area contributed by atoms with Crippen LogP contribution in [0, 0.1) is 5.82 Å². The van der Waals surface area contributed by atoms with E-state index in [0.717, 1.165) is 35.2 Å². The highest BCUT2D eigenvalue weighted by atomic mass is 19.1. The van der Waals surface area contributed by atoms with Crippen LogP contribution in [0.15, 0.2) is 72.8 Å². The molecule has 1 aliphatic rings. The van der Waals surface area contributed by atoms with Crippen molar-refractivity contribution in [1.29, 1.82) is 0 Å². The Labute approximate surface area is 164 Å². The Bertz CT molecular complexity index is 970. The summed E-state index contributed by atoms with van der Waals surface area (Å²) >= 11 is 0. The van der Waals surface area contributed by atoms with Gasteiger partial charge < -0.3 is 9.64 Å². The Hall–Kier alpha value is -3.14. The van der Waals surface area contributed by atoms with Gasteiger partial charge in [-0.25, -0.2) is 4.39 Å². The maximum absolute atomic E-state index is 13.5. The average Bonchev–Trinajstić information content (AvgIpc) is 2.73. The van der Waals surface area contributed by atoms with Gasteiger partial charge >= 0.3 is 0 Å². The minimum absolute atomic E-state index is 0.0498. The number of anilines is 1. The molecular weight excluding hydrogens is 353 g/mol. The van der Waals surface area contributed by atoms with Gasteiger partial charge in [-0.1, -0.05) is 42.5 Å². The highest BCUT2D eigenvalue weighted by molar-refractivity contribution is 5.96. The molecule has 0 fully saturated rings. The molecule has 1 heterocycles. The topological polar surface area (TPSA) is 29.5 Å². The van der Waals surface area contributed by atoms with Crippen molar-refractivity contribution in [3.63, 3.8) is 0 Å². The molecule has 0 aliphatic carbocycles. The van der Waals surface area contributed by atoms with Crippen LogP contribution in [0.2, 0.25) is 0 Å². The molecule has 4 heteroatoms. The summed E-state index contributed by atoms with van der Waals surface area (Å²) in [5.74, 6) is 0.264. The zero-order chi connectivity index (χ0) is 19.5. The van der Waals surface area contributed by atoms with Crippen LogP contribution < -0.4 is 9.64 Å². The second-order valence-corrected chi connectivity index (χ2v) is 7.10. The smallest absolute Gasteiger partial charge is 0.265 e. The number of benzene rings is 3. The van der Waals surface area contributed by atoms with Crippen LogP contribution in [0.25, 0.3) is 11.1 Å². The number of halogens is 1. The number of ether oxygens (including phenoxy) is 1. The molecule has 0 spiro atoms. The summed E-state index contributed by atoms with van der Waals surface area (Å²) < 4.78 is 19.3. The number of hydrogen-bond acceptors (Lipinski definition) is 2. The van der Waals surface area contributed by atoms with E-state index in [2.05, 4.69) is 12.1 Å². The van der Waals surface area contributed by atoms with Crippen molar-refractivity contribution in [2.75, 3.05) is 11.5 Å². The minimum Gasteiger partial charge on any atom is -0.484 e. The molecule has 28 heavy (non-hydrogen) atoms. The van der Waals surface area contributed by atoms with Crippen molar-refractivity contribution in [2.45, 2.75) is 25.8 Å². The first-order valence-corrected chi connectivity index (χ1v) is 9.50. The fourth-order valence-electron chi connectivity index (χ4n) is 3.69. The lowest BCUT2D eigenvalue weighted by atomic mass is 9.96. The molecule has 3 nitrogen and oxygen atoms in total. The third kappa shape index (κ3) is 3.77. The zero-order valence-electron chi connectivity index (χ0n) is 15.8. The highest BCUT2D eigenvalue weighted by Gasteiger charge is 2.28. The van der Waals surface area contributed by atoms with Crippen LogP contribution in [-0.4, -0.2) is 18.6 Å². The summed E-state index contributed by atoms with van der Waals surface area (Å²) in [5, 5.41) is 0. The minimum atomic E-state index is -0.268. The molecule has 0 bridgehead atoms. The first-order valence-electron chi connectivity index (χ1n) is 9.50. The van der Waals surface area contributed by atoms with E-state index in [4.69, 9.17) is 4.74 Å². The SMILES string of the molecule is CC1CCc2cc(F)ccc2N1C(=O)COc1ccc(-c2ccccc2)cc1. The number of fused-ring (bicyclic) bond motifs is 1. The van der Waals surface area contributed by atoms with E-state index >= 15 is 0 Å². The van der Waals surface area contributed by atoms with Gasteiger partial charge in [0.1, 0.15) is 11.6 Å². The molecule has 0 N–H and O–H groups in total. The number of rotatable bonds is 4. The maximum atomic E-state index is 13.5. The fraction of sp³-hybridized carbons (Fsp3) is 0.208. The van der Waals surface area contributed by atoms with E-state index in [1.165, 1.54) is 12.1 Å². The van der Waals surface area contributed by atoms with Crippen LogP contribution in [0.1, 0.15) is 18.9 Å². The largest absolute Gasteiger partial charge is 0.484 e. The standard InChI is InChI=1S/C24H22FNO2/c1-17-7-8-20-15-21(25)11-14-23(20)26(17)24(27)16-28-22-12-9-19(10-13-22)18-5-3-2-4-6-18/h2-6,9-15,17H,7-8,16H2,1H3. The van der Waals surface area contributed by atoms with E-state index in [-0.39, 0.29) is 24.4 Å². The van der Waals surface area contributed by atoms with Gasteiger partial charge in [-0.15, -0.1) is 0 Å². The van der Waals surface area contributed by atoms with Gasteiger partial charge in [-0.2, -0.15) is 0 Å². The Kier molecular flexibility index (Phi) is 5.11. The van der Waals surface area contributed by atoms with Crippen molar-refractivity contribution >= 4 is 11.6 Å². The summed E-state index contributed by atoms with van der Waals surface area (Å²) in [5.41, 5.74) is 3.89. The second kappa shape index (κ2) is 7.85. The highest BCUT2D eigenvalue weighted by Crippen LogP contribution is 2.31. The van der Waals surface area contributed by atoms with Crippen LogP contribution in [0.3, 0.4) is 0 Å². The van der Waals surface area contributed by atoms with Crippen LogP contribution in [0.4, 0.5) is 10.1 Å². The molecule has 1 aliphatic heterocycles. The normalized spacial score (nSPS) is 15.8.